The fraction of sp³-hybridized carbons (Fsp3) is 0. The Morgan fingerprint density at radius 2 is 0.685 bits per heavy atom. The van der Waals surface area contributed by atoms with E-state index in [4.69, 9.17) is 82.9 Å². The van der Waals surface area contributed by atoms with Crippen molar-refractivity contribution in [2.45, 2.75) is 19.6 Å². The van der Waals surface area contributed by atoms with E-state index in [0.717, 1.165) is 74.5 Å². The second-order valence-corrected chi connectivity index (χ2v) is 21.3. The van der Waals surface area contributed by atoms with Gasteiger partial charge in [0.05, 0.1) is 16.7 Å². The molecule has 0 amide bonds. The summed E-state index contributed by atoms with van der Waals surface area (Å²) in [5.74, 6) is 0. The number of furan rings is 1. The van der Waals surface area contributed by atoms with Gasteiger partial charge in [-0.3, -0.25) is 0 Å². The quantitative estimate of drug-likeness (QED) is 0.198. The van der Waals surface area contributed by atoms with Crippen molar-refractivity contribution in [3.63, 3.8) is 0 Å². The summed E-state index contributed by atoms with van der Waals surface area (Å²) < 4.78 is 8.40. The van der Waals surface area contributed by atoms with E-state index < -0.39 is 10.0 Å². The molecule has 0 aliphatic carbocycles. The number of aromatic nitrogens is 1. The van der Waals surface area contributed by atoms with Crippen LogP contribution in [0.2, 0.25) is 0 Å². The second-order valence-electron chi connectivity index (χ2n) is 18.2. The van der Waals surface area contributed by atoms with Crippen LogP contribution < -0.4 is 54.6 Å². The Morgan fingerprint density at radius 1 is 0.301 bits per heavy atom. The average Bonchev–Trinajstić information content (AvgIpc) is 3.97. The summed E-state index contributed by atoms with van der Waals surface area (Å²) in [4.78, 5) is 3.98. The van der Waals surface area contributed by atoms with Crippen molar-refractivity contribution in [3.8, 4) is 39.1 Å². The summed E-state index contributed by atoms with van der Waals surface area (Å²) in [5, 5.41) is 3.99. The van der Waals surface area contributed by atoms with Crippen molar-refractivity contribution in [2.24, 2.45) is 0 Å². The van der Waals surface area contributed by atoms with Gasteiger partial charge >= 0.3 is 0 Å². The fourth-order valence-electron chi connectivity index (χ4n) is 10.7. The summed E-state index contributed by atoms with van der Waals surface area (Å²) in [6.07, 6.45) is 0. The summed E-state index contributed by atoms with van der Waals surface area (Å²) in [5.41, 5.74) is 8.80. The smallest absolute Gasteiger partial charge is 0.135 e. The Bertz CT molecular complexity index is 3970. The highest BCUT2D eigenvalue weighted by Gasteiger charge is 2.36. The Labute approximate surface area is 439 Å². The van der Waals surface area contributed by atoms with E-state index in [1.807, 2.05) is 54.6 Å². The van der Waals surface area contributed by atoms with Gasteiger partial charge < -0.3 is 8.98 Å². The molecule has 2 heterocycles. The molecule has 12 aromatic rings. The summed E-state index contributed by atoms with van der Waals surface area (Å²) in [6.45, 7) is 0. The highest BCUT2D eigenvalue weighted by Crippen LogP contribution is 2.74. The number of rotatable bonds is 8. The van der Waals surface area contributed by atoms with Crippen molar-refractivity contribution in [1.29, 1.82) is 0 Å². The molecular weight excluding hydrogens is 891 g/mol. The maximum Gasteiger partial charge on any atom is 0.135 e. The number of hydrogen-bond acceptors (Lipinski definition) is 1. The molecule has 0 spiro atoms. The molecule has 13 heteroatoms. The van der Waals surface area contributed by atoms with Crippen LogP contribution in [0.5, 0.6) is 0 Å². The third-order valence-electron chi connectivity index (χ3n) is 14.3. The number of para-hydroxylation sites is 2. The first-order valence-electron chi connectivity index (χ1n) is 23.5. The molecule has 0 aliphatic heterocycles. The van der Waals surface area contributed by atoms with E-state index in [2.05, 4.69) is 138 Å². The van der Waals surface area contributed by atoms with Crippen LogP contribution in [-0.2, 0) is 0 Å². The number of benzene rings is 10. The van der Waals surface area contributed by atoms with Gasteiger partial charge in [0.2, 0.25) is 0 Å². The molecule has 0 unspecified atom stereocenters. The molecule has 318 valence electrons. The van der Waals surface area contributed by atoms with Gasteiger partial charge in [0.15, 0.2) is 0 Å². The Morgan fingerprint density at radius 3 is 1.19 bits per heavy atom. The zero-order valence-corrected chi connectivity index (χ0v) is 40.3. The van der Waals surface area contributed by atoms with Gasteiger partial charge in [-0.25, -0.2) is 0 Å². The van der Waals surface area contributed by atoms with Crippen LogP contribution in [0.25, 0.3) is 82.8 Å². The van der Waals surface area contributed by atoms with Crippen molar-refractivity contribution in [3.05, 3.63) is 188 Å². The molecule has 0 atom stereocenters. The van der Waals surface area contributed by atoms with E-state index >= 15 is 0 Å². The van der Waals surface area contributed by atoms with Crippen LogP contribution >= 0.6 is 10.0 Å². The lowest BCUT2D eigenvalue weighted by Crippen LogP contribution is -2.55. The topological polar surface area (TPSA) is 18.1 Å². The van der Waals surface area contributed by atoms with Crippen molar-refractivity contribution >= 4 is 187 Å². The van der Waals surface area contributed by atoms with E-state index in [1.54, 1.807) is 0 Å². The maximum absolute atomic E-state index is 7.24. The molecule has 10 aromatic carbocycles. The third kappa shape index (κ3) is 7.17. The first kappa shape index (κ1) is 46.8. The monoisotopic (exact) mass is 923 g/mol. The molecule has 12 rings (SSSR count). The highest BCUT2D eigenvalue weighted by molar-refractivity contribution is 8.34. The Kier molecular flexibility index (Phi) is 11.6. The van der Waals surface area contributed by atoms with Crippen molar-refractivity contribution in [2.75, 3.05) is 0 Å². The van der Waals surface area contributed by atoms with Crippen LogP contribution in [0.4, 0.5) is 0 Å². The highest BCUT2D eigenvalue weighted by atomic mass is 32.3. The maximum atomic E-state index is 7.24. The zero-order chi connectivity index (χ0) is 50.4. The predicted octanol–water partition coefficient (Wildman–Crippen LogP) is 4.96. The van der Waals surface area contributed by atoms with E-state index in [-0.39, 0.29) is 54.6 Å². The molecular formula is C60H31B10NOS. The number of fused-ring (bicyclic) bond motifs is 6. The first-order chi connectivity index (χ1) is 35.4. The Balaban J connectivity index is 1.29. The normalized spacial score (nSPS) is 12.1. The SMILES string of the molecule is [B]c1c([B])c([B])c(-c2cc(S(c3ccccc3)(c3ccccc3)c3ccccc3)cc(-c3c([B])c([B])c([B])c([B])c3[B])c2-n2c3ccccc3c3cc(-c4ccc5oc6ccccc6c5c4)ccc32)c([B])c1[B]. The summed E-state index contributed by atoms with van der Waals surface area (Å²) in [6, 6.07) is 64.6. The number of hydrogen-bond donors (Lipinski definition) is 0. The second kappa shape index (κ2) is 18.1. The van der Waals surface area contributed by atoms with E-state index in [0.29, 0.717) is 27.9 Å². The van der Waals surface area contributed by atoms with Gasteiger partial charge in [-0.2, -0.15) is 0 Å². The molecule has 0 saturated carbocycles. The van der Waals surface area contributed by atoms with Crippen molar-refractivity contribution < 1.29 is 4.42 Å². The van der Waals surface area contributed by atoms with Gasteiger partial charge in [-0.15, -0.1) is 42.8 Å². The summed E-state index contributed by atoms with van der Waals surface area (Å²) >= 11 is 0. The van der Waals surface area contributed by atoms with Gasteiger partial charge in [-0.1, -0.05) is 125 Å². The molecule has 2 aromatic heterocycles. The fourth-order valence-corrected chi connectivity index (χ4v) is 14.6. The molecule has 0 N–H and O–H groups in total. The molecule has 0 saturated heterocycles. The van der Waals surface area contributed by atoms with E-state index in [9.17, 15) is 0 Å². The molecule has 20 radical (unpaired) electrons. The lowest BCUT2D eigenvalue weighted by atomic mass is 9.58. The van der Waals surface area contributed by atoms with Crippen LogP contribution in [-0.4, -0.2) is 83.0 Å². The van der Waals surface area contributed by atoms with Crippen LogP contribution in [0, 0.1) is 0 Å². The summed E-state index contributed by atoms with van der Waals surface area (Å²) in [7, 11) is 67.0. The van der Waals surface area contributed by atoms with Crippen LogP contribution in [0.15, 0.2) is 212 Å². The largest absolute Gasteiger partial charge is 0.456 e. The minimum Gasteiger partial charge on any atom is -0.456 e. The standard InChI is InChI=1S/C60H31B10NOS/c61-50-48(51(62)55(66)58(69)54(50)65)42-30-37(73(34-14-4-1-5-15-34,35-16-6-2-7-17-35)36-18-8-3-9-19-36)31-43(49-52(63)56(67)59(70)57(68)53(49)64)60(42)71-44-22-12-10-20-38(44)40-28-32(24-26-45(40)71)33-25-27-47-41(29-33)39-21-11-13-23-46(39)72-47/h1-31H. The van der Waals surface area contributed by atoms with Crippen molar-refractivity contribution in [1.82, 2.24) is 4.57 Å². The lowest BCUT2D eigenvalue weighted by molar-refractivity contribution is 0.669. The third-order valence-corrected chi connectivity index (χ3v) is 18.2. The molecule has 0 bridgehead atoms. The van der Waals surface area contributed by atoms with Crippen LogP contribution in [0.3, 0.4) is 0 Å². The van der Waals surface area contributed by atoms with Gasteiger partial charge in [0.25, 0.3) is 0 Å². The Hall–Kier alpha value is -7.20. The van der Waals surface area contributed by atoms with E-state index in [1.165, 1.54) is 0 Å². The van der Waals surface area contributed by atoms with Crippen LogP contribution in [0.1, 0.15) is 0 Å². The average molecular weight is 922 g/mol. The molecule has 2 nitrogen and oxygen atoms in total. The lowest BCUT2D eigenvalue weighted by Gasteiger charge is -2.43. The molecule has 0 fully saturated rings. The minimum atomic E-state index is -2.47. The minimum absolute atomic E-state index is 0.0769. The first-order valence-corrected chi connectivity index (χ1v) is 25.2. The van der Waals surface area contributed by atoms with Gasteiger partial charge in [0, 0.05) is 52.3 Å². The predicted molar refractivity (Wildman–Crippen MR) is 318 cm³/mol. The molecule has 73 heavy (non-hydrogen) atoms. The van der Waals surface area contributed by atoms with Gasteiger partial charge in [0.1, 0.15) is 89.6 Å². The molecule has 0 aliphatic rings. The van der Waals surface area contributed by atoms with Gasteiger partial charge in [-0.05, 0) is 107 Å². The zero-order valence-electron chi connectivity index (χ0n) is 39.4. The number of nitrogens with zero attached hydrogens (tertiary/aromatic N) is 1.